The number of hydrogen-bond donors (Lipinski definition) is 2. The van der Waals surface area contributed by atoms with Crippen LogP contribution in [0.3, 0.4) is 0 Å². The van der Waals surface area contributed by atoms with E-state index in [4.69, 9.17) is 11.6 Å². The first kappa shape index (κ1) is 22.9. The third kappa shape index (κ3) is 5.20. The maximum Gasteiger partial charge on any atom is 0.416 e. The SMILES string of the molecule is CC(=O)NC1Cc2ccc(NC(=O)c3cc(Cl)ccc3-c3ccc(C(F)(F)F)cc3)cc2C1. The minimum absolute atomic E-state index is 0.0302. The van der Waals surface area contributed by atoms with Crippen LogP contribution in [0, 0.1) is 0 Å². The van der Waals surface area contributed by atoms with Gasteiger partial charge in [-0.05, 0) is 71.5 Å². The van der Waals surface area contributed by atoms with Crippen LogP contribution in [-0.4, -0.2) is 17.9 Å². The predicted octanol–water partition coefficient (Wildman–Crippen LogP) is 5.88. The predicted molar refractivity (Wildman–Crippen MR) is 121 cm³/mol. The van der Waals surface area contributed by atoms with Crippen LogP contribution in [-0.2, 0) is 23.8 Å². The molecular formula is C25H20ClF3N2O2. The summed E-state index contributed by atoms with van der Waals surface area (Å²) in [7, 11) is 0. The molecule has 3 aromatic rings. The van der Waals surface area contributed by atoms with Crippen molar-refractivity contribution in [2.75, 3.05) is 5.32 Å². The first-order valence-electron chi connectivity index (χ1n) is 10.3. The summed E-state index contributed by atoms with van der Waals surface area (Å²) in [6, 6.07) is 14.9. The van der Waals surface area contributed by atoms with Crippen molar-refractivity contribution in [1.29, 1.82) is 0 Å². The number of fused-ring (bicyclic) bond motifs is 1. The Hall–Kier alpha value is -3.32. The number of rotatable bonds is 4. The lowest BCUT2D eigenvalue weighted by Crippen LogP contribution is -2.33. The molecule has 0 heterocycles. The zero-order valence-electron chi connectivity index (χ0n) is 17.6. The van der Waals surface area contributed by atoms with Crippen LogP contribution in [0.15, 0.2) is 60.7 Å². The Kier molecular flexibility index (Phi) is 6.17. The van der Waals surface area contributed by atoms with Crippen molar-refractivity contribution in [3.8, 4) is 11.1 Å². The molecule has 1 atom stereocenters. The van der Waals surface area contributed by atoms with Gasteiger partial charge in [-0.1, -0.05) is 35.9 Å². The van der Waals surface area contributed by atoms with Gasteiger partial charge in [-0.15, -0.1) is 0 Å². The van der Waals surface area contributed by atoms with E-state index >= 15 is 0 Å². The van der Waals surface area contributed by atoms with Gasteiger partial charge < -0.3 is 10.6 Å². The largest absolute Gasteiger partial charge is 0.416 e. The molecule has 0 saturated heterocycles. The van der Waals surface area contributed by atoms with E-state index in [0.717, 1.165) is 29.7 Å². The molecule has 0 aromatic heterocycles. The molecule has 1 unspecified atom stereocenters. The third-order valence-electron chi connectivity index (χ3n) is 5.55. The van der Waals surface area contributed by atoms with Crippen LogP contribution in [0.25, 0.3) is 11.1 Å². The average molecular weight is 473 g/mol. The van der Waals surface area contributed by atoms with Gasteiger partial charge in [-0.3, -0.25) is 9.59 Å². The Morgan fingerprint density at radius 1 is 0.939 bits per heavy atom. The fraction of sp³-hybridized carbons (Fsp3) is 0.200. The van der Waals surface area contributed by atoms with Crippen molar-refractivity contribution < 1.29 is 22.8 Å². The lowest BCUT2D eigenvalue weighted by molar-refractivity contribution is -0.137. The zero-order chi connectivity index (χ0) is 23.8. The number of amides is 2. The minimum atomic E-state index is -4.44. The van der Waals surface area contributed by atoms with Crippen LogP contribution >= 0.6 is 11.6 Å². The van der Waals surface area contributed by atoms with Crippen molar-refractivity contribution in [3.63, 3.8) is 0 Å². The highest BCUT2D eigenvalue weighted by molar-refractivity contribution is 6.31. The number of anilines is 1. The number of benzene rings is 3. The van der Waals surface area contributed by atoms with E-state index in [1.54, 1.807) is 18.2 Å². The van der Waals surface area contributed by atoms with Gasteiger partial charge in [0.1, 0.15) is 0 Å². The molecule has 1 aliphatic carbocycles. The van der Waals surface area contributed by atoms with E-state index < -0.39 is 17.6 Å². The number of carbonyl (C=O) groups excluding carboxylic acids is 2. The van der Waals surface area contributed by atoms with Crippen LogP contribution in [0.1, 0.15) is 34.0 Å². The standard InChI is InChI=1S/C25H20ClF3N2O2/c1-14(32)30-21-10-16-4-8-20(11-17(16)12-21)31-24(33)23-13-19(26)7-9-22(23)15-2-5-18(6-3-15)25(27,28)29/h2-9,11,13,21H,10,12H2,1H3,(H,30,32)(H,31,33). The molecule has 0 fully saturated rings. The zero-order valence-corrected chi connectivity index (χ0v) is 18.3. The number of halogens is 4. The Balaban J connectivity index is 1.58. The number of alkyl halides is 3. The maximum atomic E-state index is 13.1. The van der Waals surface area contributed by atoms with E-state index in [1.807, 2.05) is 12.1 Å². The van der Waals surface area contributed by atoms with Gasteiger partial charge in [0.2, 0.25) is 5.91 Å². The molecule has 3 aromatic carbocycles. The Morgan fingerprint density at radius 3 is 2.30 bits per heavy atom. The summed E-state index contributed by atoms with van der Waals surface area (Å²) in [5.41, 5.74) is 3.16. The molecule has 2 N–H and O–H groups in total. The topological polar surface area (TPSA) is 58.2 Å². The van der Waals surface area contributed by atoms with Crippen molar-refractivity contribution in [2.24, 2.45) is 0 Å². The summed E-state index contributed by atoms with van der Waals surface area (Å²) < 4.78 is 38.7. The first-order valence-corrected chi connectivity index (χ1v) is 10.7. The van der Waals surface area contributed by atoms with Gasteiger partial charge >= 0.3 is 6.18 Å². The highest BCUT2D eigenvalue weighted by Crippen LogP contribution is 2.33. The van der Waals surface area contributed by atoms with Gasteiger partial charge in [-0.25, -0.2) is 0 Å². The lowest BCUT2D eigenvalue weighted by atomic mass is 9.98. The van der Waals surface area contributed by atoms with Crippen molar-refractivity contribution >= 4 is 29.1 Å². The van der Waals surface area contributed by atoms with Gasteiger partial charge in [0.25, 0.3) is 5.91 Å². The minimum Gasteiger partial charge on any atom is -0.353 e. The molecule has 4 rings (SSSR count). The smallest absolute Gasteiger partial charge is 0.353 e. The van der Waals surface area contributed by atoms with E-state index in [1.165, 1.54) is 25.1 Å². The second-order valence-electron chi connectivity index (χ2n) is 8.01. The molecule has 170 valence electrons. The van der Waals surface area contributed by atoms with Crippen molar-refractivity contribution in [1.82, 2.24) is 5.32 Å². The molecule has 33 heavy (non-hydrogen) atoms. The summed E-state index contributed by atoms with van der Waals surface area (Å²) in [6.07, 6.45) is -3.03. The van der Waals surface area contributed by atoms with Gasteiger partial charge in [0.05, 0.1) is 5.56 Å². The van der Waals surface area contributed by atoms with Crippen molar-refractivity contribution in [2.45, 2.75) is 32.0 Å². The van der Waals surface area contributed by atoms with Gasteiger partial charge in [-0.2, -0.15) is 13.2 Å². The molecule has 2 amide bonds. The molecule has 0 bridgehead atoms. The Morgan fingerprint density at radius 2 is 1.64 bits per heavy atom. The van der Waals surface area contributed by atoms with E-state index in [9.17, 15) is 22.8 Å². The number of nitrogens with one attached hydrogen (secondary N) is 2. The van der Waals surface area contributed by atoms with Crippen LogP contribution in [0.4, 0.5) is 18.9 Å². The monoisotopic (exact) mass is 472 g/mol. The average Bonchev–Trinajstić information content (AvgIpc) is 3.14. The van der Waals surface area contributed by atoms with E-state index in [0.29, 0.717) is 28.3 Å². The molecular weight excluding hydrogens is 453 g/mol. The van der Waals surface area contributed by atoms with E-state index in [-0.39, 0.29) is 17.5 Å². The number of carbonyl (C=O) groups is 2. The summed E-state index contributed by atoms with van der Waals surface area (Å²) >= 11 is 6.11. The normalized spacial score (nSPS) is 15.1. The molecule has 0 saturated carbocycles. The highest BCUT2D eigenvalue weighted by atomic mass is 35.5. The maximum absolute atomic E-state index is 13.1. The quantitative estimate of drug-likeness (QED) is 0.498. The number of hydrogen-bond acceptors (Lipinski definition) is 2. The Labute approximate surface area is 193 Å². The molecule has 0 aliphatic heterocycles. The fourth-order valence-corrected chi connectivity index (χ4v) is 4.25. The van der Waals surface area contributed by atoms with Crippen LogP contribution in [0.2, 0.25) is 5.02 Å². The van der Waals surface area contributed by atoms with Crippen LogP contribution in [0.5, 0.6) is 0 Å². The van der Waals surface area contributed by atoms with Gasteiger partial charge in [0, 0.05) is 29.2 Å². The highest BCUT2D eigenvalue weighted by Gasteiger charge is 2.30. The van der Waals surface area contributed by atoms with E-state index in [2.05, 4.69) is 10.6 Å². The summed E-state index contributed by atoms with van der Waals surface area (Å²) in [6.45, 7) is 1.48. The fourth-order valence-electron chi connectivity index (χ4n) is 4.08. The molecule has 8 heteroatoms. The molecule has 0 radical (unpaired) electrons. The summed E-state index contributed by atoms with van der Waals surface area (Å²) in [5.74, 6) is -0.512. The Bertz CT molecular complexity index is 1220. The second kappa shape index (κ2) is 8.90. The molecule has 0 spiro atoms. The molecule has 4 nitrogen and oxygen atoms in total. The van der Waals surface area contributed by atoms with Crippen LogP contribution < -0.4 is 10.6 Å². The van der Waals surface area contributed by atoms with Gasteiger partial charge in [0.15, 0.2) is 0 Å². The first-order chi connectivity index (χ1) is 15.6. The van der Waals surface area contributed by atoms with Crippen molar-refractivity contribution in [3.05, 3.63) is 87.9 Å². The summed E-state index contributed by atoms with van der Waals surface area (Å²) in [5, 5.41) is 6.10. The third-order valence-corrected chi connectivity index (χ3v) is 5.79. The second-order valence-corrected chi connectivity index (χ2v) is 8.44. The summed E-state index contributed by atoms with van der Waals surface area (Å²) in [4.78, 5) is 24.4. The lowest BCUT2D eigenvalue weighted by Gasteiger charge is -2.13. The molecule has 1 aliphatic rings.